The van der Waals surface area contributed by atoms with Gasteiger partial charge in [0.25, 0.3) is 0 Å². The first-order chi connectivity index (χ1) is 11.2. The molecule has 0 aliphatic rings. The first-order valence-electron chi connectivity index (χ1n) is 7.70. The molecule has 2 aromatic heterocycles. The maximum absolute atomic E-state index is 3.24. The van der Waals surface area contributed by atoms with Gasteiger partial charge in [-0.1, -0.05) is 30.3 Å². The number of anilines is 1. The molecule has 0 spiro atoms. The average molecular weight is 333 g/mol. The summed E-state index contributed by atoms with van der Waals surface area (Å²) >= 11 is 3.84. The molecule has 0 bridgehead atoms. The minimum absolute atomic E-state index is 1.17. The molecular formula is C20H15NS2. The third kappa shape index (κ3) is 1.84. The summed E-state index contributed by atoms with van der Waals surface area (Å²) in [5.41, 5.74) is 2.50. The van der Waals surface area contributed by atoms with Crippen molar-refractivity contribution in [2.45, 2.75) is 6.92 Å². The lowest BCUT2D eigenvalue weighted by Gasteiger charge is -1.98. The highest BCUT2D eigenvalue weighted by atomic mass is 32.1. The number of fused-ring (bicyclic) bond motifs is 7. The summed E-state index contributed by atoms with van der Waals surface area (Å²) in [6.45, 7) is 2.16. The highest BCUT2D eigenvalue weighted by molar-refractivity contribution is 7.33. The molecule has 23 heavy (non-hydrogen) atoms. The molecule has 3 aromatic carbocycles. The molecule has 0 radical (unpaired) electrons. The van der Waals surface area contributed by atoms with Gasteiger partial charge in [-0.3, -0.25) is 0 Å². The van der Waals surface area contributed by atoms with Crippen LogP contribution >= 0.6 is 22.7 Å². The van der Waals surface area contributed by atoms with Crippen LogP contribution in [0.25, 0.3) is 40.3 Å². The van der Waals surface area contributed by atoms with E-state index in [4.69, 9.17) is 0 Å². The van der Waals surface area contributed by atoms with Crippen molar-refractivity contribution in [3.63, 3.8) is 0 Å². The Morgan fingerprint density at radius 1 is 0.696 bits per heavy atom. The van der Waals surface area contributed by atoms with Crippen LogP contribution in [0.1, 0.15) is 5.56 Å². The van der Waals surface area contributed by atoms with Gasteiger partial charge in [0.15, 0.2) is 0 Å². The van der Waals surface area contributed by atoms with E-state index in [1.54, 1.807) is 0 Å². The Morgan fingerprint density at radius 3 is 1.91 bits per heavy atom. The van der Waals surface area contributed by atoms with E-state index in [0.29, 0.717) is 0 Å². The number of hydrogen-bond acceptors (Lipinski definition) is 3. The molecule has 0 saturated heterocycles. The molecule has 0 saturated carbocycles. The molecule has 112 valence electrons. The molecule has 0 atom stereocenters. The normalized spacial score (nSPS) is 11.9. The second-order valence-electron chi connectivity index (χ2n) is 5.98. The SMILES string of the molecule is CNc1ccc2c(c1)sc1c2ccc2c3ccc(C)cc3sc21. The number of thiophene rings is 2. The molecular weight excluding hydrogens is 318 g/mol. The zero-order chi connectivity index (χ0) is 15.6. The van der Waals surface area contributed by atoms with Crippen molar-refractivity contribution >= 4 is 68.7 Å². The van der Waals surface area contributed by atoms with Gasteiger partial charge in [0.05, 0.1) is 9.40 Å². The lowest BCUT2D eigenvalue weighted by Crippen LogP contribution is -1.85. The van der Waals surface area contributed by atoms with Gasteiger partial charge in [-0.15, -0.1) is 22.7 Å². The van der Waals surface area contributed by atoms with Crippen molar-refractivity contribution in [1.82, 2.24) is 0 Å². The maximum atomic E-state index is 3.24. The molecule has 0 unspecified atom stereocenters. The van der Waals surface area contributed by atoms with Gasteiger partial charge in [0.2, 0.25) is 0 Å². The van der Waals surface area contributed by atoms with Crippen LogP contribution in [0.3, 0.4) is 0 Å². The topological polar surface area (TPSA) is 12.0 Å². The summed E-state index contributed by atoms with van der Waals surface area (Å²) in [7, 11) is 1.97. The largest absolute Gasteiger partial charge is 0.388 e. The van der Waals surface area contributed by atoms with E-state index < -0.39 is 0 Å². The molecule has 0 aliphatic heterocycles. The Labute approximate surface area is 142 Å². The zero-order valence-electron chi connectivity index (χ0n) is 12.9. The van der Waals surface area contributed by atoms with Crippen LogP contribution in [-0.2, 0) is 0 Å². The van der Waals surface area contributed by atoms with E-state index in [-0.39, 0.29) is 0 Å². The summed E-state index contributed by atoms with van der Waals surface area (Å²) in [4.78, 5) is 0. The van der Waals surface area contributed by atoms with Crippen LogP contribution in [0.5, 0.6) is 0 Å². The van der Waals surface area contributed by atoms with Crippen molar-refractivity contribution in [3.8, 4) is 0 Å². The summed E-state index contributed by atoms with van der Waals surface area (Å²) in [5, 5.41) is 8.74. The molecule has 0 fully saturated rings. The Morgan fingerprint density at radius 2 is 1.26 bits per heavy atom. The van der Waals surface area contributed by atoms with Crippen LogP contribution in [0, 0.1) is 6.92 Å². The molecule has 0 aliphatic carbocycles. The lowest BCUT2D eigenvalue weighted by atomic mass is 10.1. The predicted octanol–water partition coefficient (Wildman–Crippen LogP) is 6.77. The van der Waals surface area contributed by atoms with Crippen molar-refractivity contribution in [3.05, 3.63) is 54.1 Å². The highest BCUT2D eigenvalue weighted by Crippen LogP contribution is 2.44. The molecule has 3 heteroatoms. The van der Waals surface area contributed by atoms with Crippen LogP contribution in [-0.4, -0.2) is 7.05 Å². The summed E-state index contributed by atoms with van der Waals surface area (Å²) in [6.07, 6.45) is 0. The van der Waals surface area contributed by atoms with Gasteiger partial charge >= 0.3 is 0 Å². The van der Waals surface area contributed by atoms with E-state index in [1.165, 1.54) is 51.6 Å². The van der Waals surface area contributed by atoms with Gasteiger partial charge in [0.1, 0.15) is 0 Å². The Bertz CT molecular complexity index is 1210. The number of aryl methyl sites for hydroxylation is 1. The fourth-order valence-corrected chi connectivity index (χ4v) is 6.01. The minimum atomic E-state index is 1.17. The molecule has 1 N–H and O–H groups in total. The van der Waals surface area contributed by atoms with Gasteiger partial charge in [-0.05, 0) is 30.7 Å². The lowest BCUT2D eigenvalue weighted by molar-refractivity contribution is 1.52. The monoisotopic (exact) mass is 333 g/mol. The van der Waals surface area contributed by atoms with Crippen LogP contribution in [0.4, 0.5) is 5.69 Å². The Hall–Kier alpha value is -2.10. The predicted molar refractivity (Wildman–Crippen MR) is 107 cm³/mol. The highest BCUT2D eigenvalue weighted by Gasteiger charge is 2.13. The van der Waals surface area contributed by atoms with Crippen LogP contribution < -0.4 is 5.32 Å². The number of rotatable bonds is 1. The van der Waals surface area contributed by atoms with Crippen molar-refractivity contribution in [2.75, 3.05) is 12.4 Å². The minimum Gasteiger partial charge on any atom is -0.388 e. The number of hydrogen-bond donors (Lipinski definition) is 1. The maximum Gasteiger partial charge on any atom is 0.0534 e. The van der Waals surface area contributed by atoms with Crippen molar-refractivity contribution in [1.29, 1.82) is 0 Å². The van der Waals surface area contributed by atoms with Gasteiger partial charge in [-0.2, -0.15) is 0 Å². The fraction of sp³-hybridized carbons (Fsp3) is 0.100. The smallest absolute Gasteiger partial charge is 0.0534 e. The second-order valence-corrected chi connectivity index (χ2v) is 8.09. The van der Waals surface area contributed by atoms with Gasteiger partial charge in [-0.25, -0.2) is 0 Å². The van der Waals surface area contributed by atoms with Gasteiger partial charge in [0, 0.05) is 43.7 Å². The summed E-state index contributed by atoms with van der Waals surface area (Å²) in [6, 6.07) is 18.0. The third-order valence-corrected chi connectivity index (χ3v) is 7.02. The van der Waals surface area contributed by atoms with E-state index in [0.717, 1.165) is 0 Å². The quantitative estimate of drug-likeness (QED) is 0.357. The summed E-state index contributed by atoms with van der Waals surface area (Å²) < 4.78 is 5.59. The molecule has 0 amide bonds. The Balaban J connectivity index is 1.96. The van der Waals surface area contributed by atoms with Crippen molar-refractivity contribution in [2.24, 2.45) is 0 Å². The Kier molecular flexibility index (Phi) is 2.73. The van der Waals surface area contributed by atoms with Crippen molar-refractivity contribution < 1.29 is 0 Å². The first-order valence-corrected chi connectivity index (χ1v) is 9.34. The zero-order valence-corrected chi connectivity index (χ0v) is 14.6. The van der Waals surface area contributed by atoms with E-state index in [1.807, 2.05) is 29.7 Å². The van der Waals surface area contributed by atoms with Crippen LogP contribution in [0.15, 0.2) is 48.5 Å². The fourth-order valence-electron chi connectivity index (χ4n) is 3.33. The standard InChI is InChI=1S/C20H15NS2/c1-11-3-5-13-15-7-8-16-14-6-4-12(21-2)10-18(14)23-20(16)19(15)22-17(13)9-11/h3-10,21H,1-2H3. The number of nitrogens with one attached hydrogen (secondary N) is 1. The van der Waals surface area contributed by atoms with Gasteiger partial charge < -0.3 is 5.32 Å². The first kappa shape index (κ1) is 13.3. The molecule has 1 nitrogen and oxygen atoms in total. The average Bonchev–Trinajstić information content (AvgIpc) is 3.11. The van der Waals surface area contributed by atoms with E-state index >= 15 is 0 Å². The molecule has 5 rings (SSSR count). The van der Waals surface area contributed by atoms with E-state index in [2.05, 4.69) is 60.8 Å². The molecule has 5 aromatic rings. The number of benzene rings is 3. The van der Waals surface area contributed by atoms with E-state index in [9.17, 15) is 0 Å². The van der Waals surface area contributed by atoms with Crippen LogP contribution in [0.2, 0.25) is 0 Å². The molecule has 2 heterocycles. The summed E-state index contributed by atoms with van der Waals surface area (Å²) in [5.74, 6) is 0. The third-order valence-electron chi connectivity index (χ3n) is 4.52. The second kappa shape index (κ2) is 4.70.